The number of amides is 1. The van der Waals surface area contributed by atoms with Crippen LogP contribution in [0.2, 0.25) is 0 Å². The fourth-order valence-electron chi connectivity index (χ4n) is 6.88. The van der Waals surface area contributed by atoms with Crippen molar-refractivity contribution in [2.45, 2.75) is 71.8 Å². The minimum atomic E-state index is 0.0735. The maximum absolute atomic E-state index is 13.3. The van der Waals surface area contributed by atoms with Crippen LogP contribution in [-0.2, 0) is 11.2 Å². The molecule has 0 aromatic carbocycles. The molecule has 0 radical (unpaired) electrons. The van der Waals surface area contributed by atoms with E-state index >= 15 is 0 Å². The van der Waals surface area contributed by atoms with E-state index < -0.39 is 0 Å². The standard InChI is InChI=1S/C25H36ClN3OS/c1-15-11-18-21(31-15)13-19-22(28-29(23(18)19)10-6-4-5-9-26)24(30)27-14-16-7-8-17-12-20(16)25(17,2)3/h11,16-17,19-20,23H,4-10,12-14H2,1-3H3,(H,27,30). The first-order chi connectivity index (χ1) is 14.9. The number of nitrogens with zero attached hydrogens (tertiary/aromatic N) is 2. The van der Waals surface area contributed by atoms with Crippen LogP contribution in [0.1, 0.15) is 73.7 Å². The Bertz CT molecular complexity index is 876. The smallest absolute Gasteiger partial charge is 0.267 e. The molecule has 5 aliphatic rings. The number of hydrogen-bond acceptors (Lipinski definition) is 4. The highest BCUT2D eigenvalue weighted by atomic mass is 35.5. The van der Waals surface area contributed by atoms with Crippen molar-refractivity contribution in [2.75, 3.05) is 19.0 Å². The number of hydrogen-bond donors (Lipinski definition) is 1. The van der Waals surface area contributed by atoms with E-state index in [9.17, 15) is 4.79 Å². The average Bonchev–Trinajstić information content (AvgIpc) is 3.38. The van der Waals surface area contributed by atoms with E-state index in [1.165, 1.54) is 34.6 Å². The van der Waals surface area contributed by atoms with Crippen LogP contribution < -0.4 is 5.32 Å². The zero-order valence-electron chi connectivity index (χ0n) is 19.1. The van der Waals surface area contributed by atoms with Crippen molar-refractivity contribution < 1.29 is 4.79 Å². The summed E-state index contributed by atoms with van der Waals surface area (Å²) in [6.45, 7) is 8.75. The number of aryl methyl sites for hydroxylation is 1. The number of unbranched alkanes of at least 4 members (excludes halogenated alkanes) is 2. The monoisotopic (exact) mass is 461 g/mol. The maximum Gasteiger partial charge on any atom is 0.267 e. The second-order valence-electron chi connectivity index (χ2n) is 10.8. The molecule has 2 bridgehead atoms. The zero-order chi connectivity index (χ0) is 21.8. The Kier molecular flexibility index (Phi) is 5.87. The van der Waals surface area contributed by atoms with Crippen LogP contribution in [0.3, 0.4) is 0 Å². The number of nitrogens with one attached hydrogen (secondary N) is 1. The molecule has 4 nitrogen and oxygen atoms in total. The molecule has 1 amide bonds. The number of alkyl halides is 1. The third-order valence-corrected chi connectivity index (χ3v) is 10.1. The molecule has 3 fully saturated rings. The summed E-state index contributed by atoms with van der Waals surface area (Å²) in [5.41, 5.74) is 2.64. The predicted molar refractivity (Wildman–Crippen MR) is 129 cm³/mol. The minimum absolute atomic E-state index is 0.0735. The van der Waals surface area contributed by atoms with E-state index in [0.717, 1.165) is 62.2 Å². The summed E-state index contributed by atoms with van der Waals surface area (Å²) in [6.07, 6.45) is 8.14. The van der Waals surface area contributed by atoms with Gasteiger partial charge in [-0.25, -0.2) is 0 Å². The predicted octanol–water partition coefficient (Wildman–Crippen LogP) is 5.54. The average molecular weight is 462 g/mol. The summed E-state index contributed by atoms with van der Waals surface area (Å²) in [4.78, 5) is 16.1. The van der Waals surface area contributed by atoms with E-state index in [-0.39, 0.29) is 17.9 Å². The van der Waals surface area contributed by atoms with Crippen LogP contribution >= 0.6 is 22.9 Å². The van der Waals surface area contributed by atoms with Crippen molar-refractivity contribution in [1.29, 1.82) is 0 Å². The second kappa shape index (κ2) is 8.37. The highest BCUT2D eigenvalue weighted by Gasteiger charge is 2.54. The zero-order valence-corrected chi connectivity index (χ0v) is 20.7. The van der Waals surface area contributed by atoms with Crippen LogP contribution in [0.5, 0.6) is 0 Å². The number of thiophene rings is 1. The second-order valence-corrected chi connectivity index (χ2v) is 12.5. The van der Waals surface area contributed by atoms with Gasteiger partial charge in [0.1, 0.15) is 5.71 Å². The number of rotatable bonds is 8. The number of fused-ring (bicyclic) bond motifs is 5. The number of carbonyl (C=O) groups excluding carboxylic acids is 1. The SMILES string of the molecule is Cc1cc2c(s1)CC1C(C(=O)NCC3CCC4CC3C4(C)C)=NN(CCCCCCl)C21. The Morgan fingerprint density at radius 1 is 1.32 bits per heavy atom. The van der Waals surface area contributed by atoms with Gasteiger partial charge in [0.25, 0.3) is 5.91 Å². The lowest BCUT2D eigenvalue weighted by molar-refractivity contribution is -0.119. The van der Waals surface area contributed by atoms with Gasteiger partial charge in [-0.15, -0.1) is 22.9 Å². The summed E-state index contributed by atoms with van der Waals surface area (Å²) < 4.78 is 0. The lowest BCUT2D eigenvalue weighted by atomic mass is 9.45. The Morgan fingerprint density at radius 2 is 2.16 bits per heavy atom. The number of halogens is 1. The summed E-state index contributed by atoms with van der Waals surface area (Å²) >= 11 is 7.75. The van der Waals surface area contributed by atoms with Gasteiger partial charge in [-0.3, -0.25) is 9.80 Å². The molecule has 0 saturated heterocycles. The Labute approximate surface area is 195 Å². The lowest BCUT2D eigenvalue weighted by Gasteiger charge is -2.60. The van der Waals surface area contributed by atoms with Crippen molar-refractivity contribution in [3.63, 3.8) is 0 Å². The van der Waals surface area contributed by atoms with Crippen LogP contribution in [0.4, 0.5) is 0 Å². The third kappa shape index (κ3) is 3.74. The first-order valence-electron chi connectivity index (χ1n) is 12.2. The van der Waals surface area contributed by atoms with Crippen molar-refractivity contribution in [3.05, 3.63) is 21.4 Å². The Morgan fingerprint density at radius 3 is 2.90 bits per heavy atom. The molecule has 1 N–H and O–H groups in total. The third-order valence-electron chi connectivity index (χ3n) is 8.76. The summed E-state index contributed by atoms with van der Waals surface area (Å²) in [5.74, 6) is 3.30. The summed E-state index contributed by atoms with van der Waals surface area (Å²) in [7, 11) is 0. The minimum Gasteiger partial charge on any atom is -0.351 e. The highest BCUT2D eigenvalue weighted by molar-refractivity contribution is 7.12. The van der Waals surface area contributed by atoms with Gasteiger partial charge in [0.05, 0.1) is 6.04 Å². The van der Waals surface area contributed by atoms with Gasteiger partial charge >= 0.3 is 0 Å². The van der Waals surface area contributed by atoms with Crippen molar-refractivity contribution in [3.8, 4) is 0 Å². The van der Waals surface area contributed by atoms with Crippen molar-refractivity contribution in [2.24, 2.45) is 34.2 Å². The fraction of sp³-hybridized carbons (Fsp3) is 0.760. The van der Waals surface area contributed by atoms with E-state index in [1.54, 1.807) is 0 Å². The molecular weight excluding hydrogens is 426 g/mol. The van der Waals surface area contributed by atoms with E-state index in [4.69, 9.17) is 16.7 Å². The largest absolute Gasteiger partial charge is 0.351 e. The highest BCUT2D eigenvalue weighted by Crippen LogP contribution is 2.61. The van der Waals surface area contributed by atoms with Crippen LogP contribution in [0, 0.1) is 36.0 Å². The van der Waals surface area contributed by atoms with Gasteiger partial charge in [-0.2, -0.15) is 5.10 Å². The molecule has 4 aliphatic carbocycles. The van der Waals surface area contributed by atoms with Gasteiger partial charge in [0.2, 0.25) is 0 Å². The van der Waals surface area contributed by atoms with Gasteiger partial charge in [-0.1, -0.05) is 20.3 Å². The molecule has 6 rings (SSSR count). The molecular formula is C25H36ClN3OS. The lowest BCUT2D eigenvalue weighted by Crippen LogP contribution is -2.55. The molecule has 5 unspecified atom stereocenters. The maximum atomic E-state index is 13.3. The molecule has 1 aliphatic heterocycles. The first-order valence-corrected chi connectivity index (χ1v) is 13.5. The quantitative estimate of drug-likeness (QED) is 0.408. The molecule has 5 atom stereocenters. The molecule has 31 heavy (non-hydrogen) atoms. The molecule has 0 spiro atoms. The van der Waals surface area contributed by atoms with E-state index in [1.807, 2.05) is 11.3 Å². The number of hydrazone groups is 1. The Balaban J connectivity index is 1.26. The molecule has 1 aromatic rings. The first kappa shape index (κ1) is 21.8. The van der Waals surface area contributed by atoms with Gasteiger partial charge in [-0.05, 0) is 80.2 Å². The van der Waals surface area contributed by atoms with Crippen LogP contribution in [0.25, 0.3) is 0 Å². The normalized spacial score (nSPS) is 32.3. The molecule has 3 saturated carbocycles. The molecule has 1 aromatic heterocycles. The molecule has 6 heteroatoms. The summed E-state index contributed by atoms with van der Waals surface area (Å²) in [6, 6.07) is 2.57. The molecule has 170 valence electrons. The van der Waals surface area contributed by atoms with Crippen molar-refractivity contribution in [1.82, 2.24) is 10.3 Å². The van der Waals surface area contributed by atoms with Gasteiger partial charge < -0.3 is 5.32 Å². The van der Waals surface area contributed by atoms with Gasteiger partial charge in [0, 0.05) is 34.6 Å². The Hall–Kier alpha value is -1.07. The van der Waals surface area contributed by atoms with Crippen LogP contribution in [0.15, 0.2) is 11.2 Å². The van der Waals surface area contributed by atoms with Gasteiger partial charge in [0.15, 0.2) is 0 Å². The van der Waals surface area contributed by atoms with Crippen LogP contribution in [-0.4, -0.2) is 35.6 Å². The number of carbonyl (C=O) groups is 1. The van der Waals surface area contributed by atoms with E-state index in [2.05, 4.69) is 37.2 Å². The van der Waals surface area contributed by atoms with E-state index in [0.29, 0.717) is 11.3 Å². The molecule has 2 heterocycles. The summed E-state index contributed by atoms with van der Waals surface area (Å²) in [5, 5.41) is 10.4. The topological polar surface area (TPSA) is 44.7 Å². The fourth-order valence-corrected chi connectivity index (χ4v) is 8.20. The van der Waals surface area contributed by atoms with Crippen molar-refractivity contribution >= 4 is 34.6 Å².